The van der Waals surface area contributed by atoms with E-state index in [0.717, 1.165) is 19.4 Å². The zero-order valence-electron chi connectivity index (χ0n) is 12.2. The number of thioether (sulfide) groups is 1. The van der Waals surface area contributed by atoms with Gasteiger partial charge in [0.1, 0.15) is 5.76 Å². The standard InChI is InChI=1S/C18H12Br2O2S/c1-23-16-10-15(11-2-6-13(19)7-3-11)22-18(16)17(21)12-4-8-14(20)9-5-12/h2-10H,1H3. The Balaban J connectivity index is 2.00. The van der Waals surface area contributed by atoms with Gasteiger partial charge in [0.15, 0.2) is 5.76 Å². The van der Waals surface area contributed by atoms with Crippen LogP contribution in [0, 0.1) is 0 Å². The summed E-state index contributed by atoms with van der Waals surface area (Å²) in [5.41, 5.74) is 1.55. The average molecular weight is 452 g/mol. The van der Waals surface area contributed by atoms with E-state index in [2.05, 4.69) is 31.9 Å². The van der Waals surface area contributed by atoms with Crippen LogP contribution in [0.4, 0.5) is 0 Å². The maximum Gasteiger partial charge on any atom is 0.229 e. The summed E-state index contributed by atoms with van der Waals surface area (Å²) in [5.74, 6) is 0.977. The van der Waals surface area contributed by atoms with Gasteiger partial charge in [-0.15, -0.1) is 11.8 Å². The molecule has 0 spiro atoms. The Bertz CT molecular complexity index is 836. The predicted octanol–water partition coefficient (Wildman–Crippen LogP) is 6.42. The Kier molecular flexibility index (Phi) is 5.09. The first-order valence-electron chi connectivity index (χ1n) is 6.82. The van der Waals surface area contributed by atoms with E-state index in [-0.39, 0.29) is 5.78 Å². The third-order valence-electron chi connectivity index (χ3n) is 3.36. The highest BCUT2D eigenvalue weighted by atomic mass is 79.9. The Morgan fingerprint density at radius 2 is 1.52 bits per heavy atom. The van der Waals surface area contributed by atoms with Crippen molar-refractivity contribution in [2.24, 2.45) is 0 Å². The van der Waals surface area contributed by atoms with E-state index in [4.69, 9.17) is 4.42 Å². The molecule has 0 aliphatic rings. The van der Waals surface area contributed by atoms with E-state index in [1.54, 1.807) is 12.1 Å². The molecule has 0 bridgehead atoms. The summed E-state index contributed by atoms with van der Waals surface area (Å²) in [4.78, 5) is 13.5. The zero-order valence-corrected chi connectivity index (χ0v) is 16.2. The fourth-order valence-corrected chi connectivity index (χ4v) is 3.25. The zero-order chi connectivity index (χ0) is 16.4. The van der Waals surface area contributed by atoms with Gasteiger partial charge < -0.3 is 4.42 Å². The molecule has 0 atom stereocenters. The molecule has 116 valence electrons. The molecule has 0 radical (unpaired) electrons. The number of carbonyl (C=O) groups is 1. The molecular weight excluding hydrogens is 440 g/mol. The maximum absolute atomic E-state index is 12.7. The van der Waals surface area contributed by atoms with Gasteiger partial charge in [-0.25, -0.2) is 0 Å². The molecule has 0 unspecified atom stereocenters. The van der Waals surface area contributed by atoms with Crippen molar-refractivity contribution in [3.8, 4) is 11.3 Å². The lowest BCUT2D eigenvalue weighted by Gasteiger charge is -2.01. The molecule has 5 heteroatoms. The first-order chi connectivity index (χ1) is 11.1. The minimum atomic E-state index is -0.106. The largest absolute Gasteiger partial charge is 0.451 e. The summed E-state index contributed by atoms with van der Waals surface area (Å²) in [6.45, 7) is 0. The van der Waals surface area contributed by atoms with Crippen LogP contribution in [0.25, 0.3) is 11.3 Å². The molecule has 0 aliphatic heterocycles. The van der Waals surface area contributed by atoms with Crippen molar-refractivity contribution in [1.29, 1.82) is 0 Å². The van der Waals surface area contributed by atoms with Gasteiger partial charge in [-0.3, -0.25) is 4.79 Å². The highest BCUT2D eigenvalue weighted by molar-refractivity contribution is 9.10. The van der Waals surface area contributed by atoms with E-state index in [1.165, 1.54) is 11.8 Å². The van der Waals surface area contributed by atoms with E-state index >= 15 is 0 Å². The highest BCUT2D eigenvalue weighted by Gasteiger charge is 2.20. The third-order valence-corrected chi connectivity index (χ3v) is 5.16. The van der Waals surface area contributed by atoms with Crippen LogP contribution in [0.15, 0.2) is 72.9 Å². The molecule has 2 nitrogen and oxygen atoms in total. The summed E-state index contributed by atoms with van der Waals surface area (Å²) in [7, 11) is 0. The average Bonchev–Trinajstić information content (AvgIpc) is 3.00. The molecule has 3 aromatic rings. The number of rotatable bonds is 4. The highest BCUT2D eigenvalue weighted by Crippen LogP contribution is 2.33. The summed E-state index contributed by atoms with van der Waals surface area (Å²) in [6, 6.07) is 17.0. The van der Waals surface area contributed by atoms with Crippen LogP contribution in [-0.4, -0.2) is 12.0 Å². The fourth-order valence-electron chi connectivity index (χ4n) is 2.17. The van der Waals surface area contributed by atoms with E-state index in [1.807, 2.05) is 48.7 Å². The van der Waals surface area contributed by atoms with E-state index < -0.39 is 0 Å². The summed E-state index contributed by atoms with van der Waals surface area (Å²) in [6.07, 6.45) is 1.94. The monoisotopic (exact) mass is 450 g/mol. The molecule has 0 aliphatic carbocycles. The van der Waals surface area contributed by atoms with Crippen molar-refractivity contribution in [1.82, 2.24) is 0 Å². The number of hydrogen-bond donors (Lipinski definition) is 0. The van der Waals surface area contributed by atoms with Crippen LogP contribution in [0.1, 0.15) is 16.1 Å². The molecule has 1 aromatic heterocycles. The predicted molar refractivity (Wildman–Crippen MR) is 101 cm³/mol. The van der Waals surface area contributed by atoms with Gasteiger partial charge in [0.25, 0.3) is 0 Å². The van der Waals surface area contributed by atoms with Crippen LogP contribution < -0.4 is 0 Å². The Labute approximate surface area is 155 Å². The Morgan fingerprint density at radius 1 is 0.957 bits per heavy atom. The van der Waals surface area contributed by atoms with Crippen LogP contribution >= 0.6 is 43.6 Å². The number of halogens is 2. The van der Waals surface area contributed by atoms with Crippen LogP contribution in [0.3, 0.4) is 0 Å². The summed E-state index contributed by atoms with van der Waals surface area (Å²) >= 11 is 8.30. The van der Waals surface area contributed by atoms with E-state index in [0.29, 0.717) is 17.1 Å². The first-order valence-corrected chi connectivity index (χ1v) is 9.63. The first kappa shape index (κ1) is 16.6. The molecule has 23 heavy (non-hydrogen) atoms. The van der Waals surface area contributed by atoms with Crippen molar-refractivity contribution in [2.75, 3.05) is 6.26 Å². The number of hydrogen-bond acceptors (Lipinski definition) is 3. The molecule has 1 heterocycles. The second-order valence-corrected chi connectivity index (χ2v) is 7.53. The molecular formula is C18H12Br2O2S. The molecule has 3 rings (SSSR count). The lowest BCUT2D eigenvalue weighted by Crippen LogP contribution is -2.00. The van der Waals surface area contributed by atoms with Crippen molar-refractivity contribution in [2.45, 2.75) is 4.90 Å². The van der Waals surface area contributed by atoms with Crippen LogP contribution in [0.5, 0.6) is 0 Å². The molecule has 0 saturated heterocycles. The van der Waals surface area contributed by atoms with Crippen molar-refractivity contribution in [3.05, 3.63) is 74.9 Å². The quantitative estimate of drug-likeness (QED) is 0.338. The summed E-state index contributed by atoms with van der Waals surface area (Å²) < 4.78 is 7.82. The minimum Gasteiger partial charge on any atom is -0.451 e. The molecule has 0 fully saturated rings. The van der Waals surface area contributed by atoms with Gasteiger partial charge >= 0.3 is 0 Å². The van der Waals surface area contributed by atoms with Gasteiger partial charge in [-0.05, 0) is 48.7 Å². The van der Waals surface area contributed by atoms with Gasteiger partial charge in [-0.1, -0.05) is 44.0 Å². The summed E-state index contributed by atoms with van der Waals surface area (Å²) in [5, 5.41) is 0. The van der Waals surface area contributed by atoms with Gasteiger partial charge in [0.2, 0.25) is 5.78 Å². The lowest BCUT2D eigenvalue weighted by atomic mass is 10.1. The number of benzene rings is 2. The van der Waals surface area contributed by atoms with Crippen LogP contribution in [-0.2, 0) is 0 Å². The second-order valence-electron chi connectivity index (χ2n) is 4.85. The van der Waals surface area contributed by atoms with Crippen LogP contribution in [0.2, 0.25) is 0 Å². The number of ketones is 1. The van der Waals surface area contributed by atoms with Crippen molar-refractivity contribution < 1.29 is 9.21 Å². The Hall–Kier alpha value is -1.30. The molecule has 0 amide bonds. The van der Waals surface area contributed by atoms with Crippen molar-refractivity contribution in [3.63, 3.8) is 0 Å². The fraction of sp³-hybridized carbons (Fsp3) is 0.0556. The topological polar surface area (TPSA) is 30.2 Å². The Morgan fingerprint density at radius 3 is 2.09 bits per heavy atom. The maximum atomic E-state index is 12.7. The van der Waals surface area contributed by atoms with Gasteiger partial charge in [0, 0.05) is 20.1 Å². The number of furan rings is 1. The van der Waals surface area contributed by atoms with Crippen molar-refractivity contribution >= 4 is 49.4 Å². The molecule has 0 N–H and O–H groups in total. The number of carbonyl (C=O) groups excluding carboxylic acids is 1. The lowest BCUT2D eigenvalue weighted by molar-refractivity contribution is 0.101. The molecule has 2 aromatic carbocycles. The molecule has 0 saturated carbocycles. The van der Waals surface area contributed by atoms with Gasteiger partial charge in [-0.2, -0.15) is 0 Å². The smallest absolute Gasteiger partial charge is 0.229 e. The third kappa shape index (κ3) is 3.62. The van der Waals surface area contributed by atoms with Gasteiger partial charge in [0.05, 0.1) is 4.90 Å². The second kappa shape index (κ2) is 7.07. The minimum absolute atomic E-state index is 0.106. The SMILES string of the molecule is CSc1cc(-c2ccc(Br)cc2)oc1C(=O)c1ccc(Br)cc1. The normalized spacial score (nSPS) is 10.7. The van der Waals surface area contributed by atoms with E-state index in [9.17, 15) is 4.79 Å².